The lowest BCUT2D eigenvalue weighted by molar-refractivity contribution is -0.120. The fourth-order valence-corrected chi connectivity index (χ4v) is 7.74. The van der Waals surface area contributed by atoms with Crippen LogP contribution in [0.25, 0.3) is 11.0 Å². The first-order chi connectivity index (χ1) is 19.9. The molecular weight excluding hydrogens is 538 g/mol. The van der Waals surface area contributed by atoms with Gasteiger partial charge in [0.1, 0.15) is 12.4 Å². The van der Waals surface area contributed by atoms with E-state index in [-0.39, 0.29) is 30.1 Å². The van der Waals surface area contributed by atoms with Crippen LogP contribution in [0, 0.1) is 0 Å². The van der Waals surface area contributed by atoms with E-state index in [0.717, 1.165) is 22.2 Å². The Morgan fingerprint density at radius 1 is 1.02 bits per heavy atom. The molecule has 1 fully saturated rings. The Labute approximate surface area is 240 Å². The molecule has 2 aromatic heterocycles. The number of carbonyl (C=O) groups excluding carboxylic acids is 2. The summed E-state index contributed by atoms with van der Waals surface area (Å²) >= 11 is 0. The average Bonchev–Trinajstić information content (AvgIpc) is 3.60. The third-order valence-electron chi connectivity index (χ3n) is 8.36. The highest BCUT2D eigenvalue weighted by Gasteiger charge is 2.51. The Hall–Kier alpha value is -4.05. The number of amides is 2. The zero-order valence-corrected chi connectivity index (χ0v) is 24.0. The lowest BCUT2D eigenvalue weighted by atomic mass is 9.79. The van der Waals surface area contributed by atoms with Crippen molar-refractivity contribution in [3.05, 3.63) is 88.0 Å². The second-order valence-electron chi connectivity index (χ2n) is 10.6. The smallest absolute Gasteiger partial charge is 0.325 e. The van der Waals surface area contributed by atoms with Crippen molar-refractivity contribution in [3.8, 4) is 0 Å². The molecule has 7 rings (SSSR count). The minimum atomic E-state index is -0.828. The third kappa shape index (κ3) is 4.60. The predicted octanol–water partition coefficient (Wildman–Crippen LogP) is 3.94. The summed E-state index contributed by atoms with van der Waals surface area (Å²) < 4.78 is 15.2. The van der Waals surface area contributed by atoms with Crippen LogP contribution >= 0.6 is 0 Å². The molecule has 4 heterocycles. The van der Waals surface area contributed by atoms with Gasteiger partial charge in [-0.1, -0.05) is 38.1 Å². The number of nitrogens with zero attached hydrogens (tertiary/aromatic N) is 3. The Kier molecular flexibility index (Phi) is 7.11. The van der Waals surface area contributed by atoms with Gasteiger partial charge in [-0.05, 0) is 67.1 Å². The molecule has 2 aliphatic heterocycles. The summed E-state index contributed by atoms with van der Waals surface area (Å²) in [5, 5.41) is 5.87. The molecule has 2 aromatic carbocycles. The number of hydrogen-bond acceptors (Lipinski definition) is 5. The first-order valence-electron chi connectivity index (χ1n) is 14.2. The number of aromatic nitrogens is 3. The highest BCUT2D eigenvalue weighted by molar-refractivity contribution is 7.85. The van der Waals surface area contributed by atoms with Crippen molar-refractivity contribution in [2.24, 2.45) is 0 Å². The Morgan fingerprint density at radius 3 is 2.54 bits per heavy atom. The van der Waals surface area contributed by atoms with Gasteiger partial charge < -0.3 is 10.6 Å². The van der Waals surface area contributed by atoms with E-state index in [1.807, 2.05) is 68.4 Å². The summed E-state index contributed by atoms with van der Waals surface area (Å²) in [6, 6.07) is 17.0. The summed E-state index contributed by atoms with van der Waals surface area (Å²) in [6.45, 7) is 3.88. The fourth-order valence-electron chi connectivity index (χ4n) is 6.47. The zero-order valence-electron chi connectivity index (χ0n) is 23.2. The van der Waals surface area contributed by atoms with Crippen LogP contribution in [0.1, 0.15) is 49.4 Å². The molecule has 1 unspecified atom stereocenters. The maximum Gasteiger partial charge on any atom is 0.329 e. The van der Waals surface area contributed by atoms with E-state index in [1.54, 1.807) is 10.8 Å². The SMILES string of the molecule is CC.O=C(Cn1c(=O)n(C2CCS(=O)CC2)c2ccccc21)Nc1ccc2c(c1)CC1(C2)C(=O)Nc2ncccc21. The van der Waals surface area contributed by atoms with Crippen LogP contribution in [0.4, 0.5) is 11.5 Å². The molecule has 2 amide bonds. The van der Waals surface area contributed by atoms with Crippen LogP contribution in [-0.4, -0.2) is 41.6 Å². The van der Waals surface area contributed by atoms with E-state index >= 15 is 0 Å². The first-order valence-corrected chi connectivity index (χ1v) is 15.7. The second-order valence-corrected chi connectivity index (χ2v) is 12.3. The normalized spacial score (nSPS) is 22.5. The fraction of sp³-hybridized carbons (Fsp3) is 0.355. The van der Waals surface area contributed by atoms with Gasteiger partial charge in [-0.2, -0.15) is 0 Å². The molecule has 41 heavy (non-hydrogen) atoms. The quantitative estimate of drug-likeness (QED) is 0.385. The lowest BCUT2D eigenvalue weighted by Gasteiger charge is -2.22. The number of rotatable bonds is 4. The highest BCUT2D eigenvalue weighted by atomic mass is 32.2. The number of anilines is 2. The maximum absolute atomic E-state index is 13.5. The molecule has 1 spiro atoms. The van der Waals surface area contributed by atoms with Gasteiger partial charge in [0.2, 0.25) is 11.8 Å². The molecule has 10 heteroatoms. The van der Waals surface area contributed by atoms with Crippen molar-refractivity contribution in [2.45, 2.75) is 57.5 Å². The van der Waals surface area contributed by atoms with E-state index < -0.39 is 16.2 Å². The number of nitrogens with one attached hydrogen (secondary N) is 2. The van der Waals surface area contributed by atoms with Crippen LogP contribution in [0.3, 0.4) is 0 Å². The third-order valence-corrected chi connectivity index (χ3v) is 9.74. The van der Waals surface area contributed by atoms with Crippen molar-refractivity contribution >= 4 is 45.2 Å². The molecule has 1 saturated heterocycles. The van der Waals surface area contributed by atoms with E-state index in [9.17, 15) is 18.6 Å². The molecule has 1 aliphatic carbocycles. The van der Waals surface area contributed by atoms with Gasteiger partial charge >= 0.3 is 5.69 Å². The van der Waals surface area contributed by atoms with Crippen LogP contribution in [-0.2, 0) is 45.2 Å². The van der Waals surface area contributed by atoms with Crippen LogP contribution in [0.15, 0.2) is 65.6 Å². The summed E-state index contributed by atoms with van der Waals surface area (Å²) in [6.07, 6.45) is 4.16. The number of benzene rings is 2. The molecule has 0 bridgehead atoms. The Morgan fingerprint density at radius 2 is 1.76 bits per heavy atom. The highest BCUT2D eigenvalue weighted by Crippen LogP contribution is 2.46. The van der Waals surface area contributed by atoms with Gasteiger partial charge in [0.15, 0.2) is 0 Å². The van der Waals surface area contributed by atoms with Crippen molar-refractivity contribution < 1.29 is 13.8 Å². The van der Waals surface area contributed by atoms with Crippen molar-refractivity contribution in [2.75, 3.05) is 22.1 Å². The van der Waals surface area contributed by atoms with Gasteiger partial charge in [-0.3, -0.25) is 22.9 Å². The number of para-hydroxylation sites is 2. The second kappa shape index (κ2) is 10.7. The summed E-state index contributed by atoms with van der Waals surface area (Å²) in [4.78, 5) is 44.0. The number of hydrogen-bond donors (Lipinski definition) is 2. The van der Waals surface area contributed by atoms with Crippen LogP contribution < -0.4 is 16.3 Å². The zero-order chi connectivity index (χ0) is 28.7. The van der Waals surface area contributed by atoms with Crippen LogP contribution in [0.5, 0.6) is 0 Å². The molecule has 3 aliphatic rings. The minimum absolute atomic E-state index is 0.0263. The van der Waals surface area contributed by atoms with E-state index in [2.05, 4.69) is 15.6 Å². The standard InChI is InChI=1S/C29H27N5O4S.C2H6/c35-25(17-33-23-5-1-2-6-24(23)34(28(33)37)21-9-12-39(38)13-10-21)31-20-8-7-18-15-29(16-19(18)14-20)22-4-3-11-30-26(22)32-27(29)36;1-2/h1-8,11,14,21H,9-10,12-13,15-17H2,(H,31,35)(H,30,32,36);1-2H3. The van der Waals surface area contributed by atoms with Crippen molar-refractivity contribution in [3.63, 3.8) is 0 Å². The van der Waals surface area contributed by atoms with Gasteiger partial charge in [-0.25, -0.2) is 9.78 Å². The Balaban J connectivity index is 0.00000148. The predicted molar refractivity (Wildman–Crippen MR) is 161 cm³/mol. The first kappa shape index (κ1) is 27.1. The number of fused-ring (bicyclic) bond motifs is 4. The largest absolute Gasteiger partial charge is 0.329 e. The molecule has 1 atom stereocenters. The van der Waals surface area contributed by atoms with Gasteiger partial charge in [0.25, 0.3) is 0 Å². The van der Waals surface area contributed by atoms with Gasteiger partial charge in [0, 0.05) is 45.8 Å². The molecule has 2 N–H and O–H groups in total. The molecular formula is C31H33N5O4S. The van der Waals surface area contributed by atoms with Gasteiger partial charge in [-0.15, -0.1) is 0 Å². The number of imidazole rings is 1. The molecule has 0 radical (unpaired) electrons. The number of pyridine rings is 1. The Bertz CT molecular complexity index is 1750. The molecule has 212 valence electrons. The minimum Gasteiger partial charge on any atom is -0.325 e. The topological polar surface area (TPSA) is 115 Å². The maximum atomic E-state index is 13.5. The molecule has 9 nitrogen and oxygen atoms in total. The van der Waals surface area contributed by atoms with Crippen LogP contribution in [0.2, 0.25) is 0 Å². The summed E-state index contributed by atoms with van der Waals surface area (Å²) in [5.74, 6) is 1.44. The van der Waals surface area contributed by atoms with E-state index in [4.69, 9.17) is 0 Å². The average molecular weight is 572 g/mol. The van der Waals surface area contributed by atoms with Gasteiger partial charge in [0.05, 0.1) is 16.4 Å². The number of carbonyl (C=O) groups is 2. The van der Waals surface area contributed by atoms with Crippen molar-refractivity contribution in [1.82, 2.24) is 14.1 Å². The summed E-state index contributed by atoms with van der Waals surface area (Å²) in [7, 11) is -0.828. The van der Waals surface area contributed by atoms with Crippen molar-refractivity contribution in [1.29, 1.82) is 0 Å². The monoisotopic (exact) mass is 571 g/mol. The summed E-state index contributed by atoms with van der Waals surface area (Å²) in [5.41, 5.74) is 4.24. The lowest BCUT2D eigenvalue weighted by Crippen LogP contribution is -2.35. The molecule has 0 saturated carbocycles. The van der Waals surface area contributed by atoms with E-state index in [1.165, 1.54) is 4.57 Å². The van der Waals surface area contributed by atoms with E-state index in [0.29, 0.717) is 54.2 Å². The molecule has 4 aromatic rings.